The summed E-state index contributed by atoms with van der Waals surface area (Å²) in [6.45, 7) is 0.0231. The highest BCUT2D eigenvalue weighted by Gasteiger charge is 2.43. The minimum Gasteiger partial charge on any atom is -0.380 e. The molecule has 2 fully saturated rings. The average Bonchev–Trinajstić information content (AvgIpc) is 2.97. The van der Waals surface area contributed by atoms with Gasteiger partial charge in [-0.1, -0.05) is 0 Å². The van der Waals surface area contributed by atoms with Crippen LogP contribution in [0.2, 0.25) is 0 Å². The Morgan fingerprint density at radius 1 is 1.25 bits per heavy atom. The number of hydrogen-bond acceptors (Lipinski definition) is 3. The highest BCUT2D eigenvalue weighted by Crippen LogP contribution is 2.33. The molecule has 0 spiro atoms. The van der Waals surface area contributed by atoms with Crippen LogP contribution in [-0.2, 0) is 4.74 Å². The first kappa shape index (κ1) is 12.1. The lowest BCUT2D eigenvalue weighted by Gasteiger charge is -2.38. The molecular formula is C10H17F3N2O. The lowest BCUT2D eigenvalue weighted by Crippen LogP contribution is -2.56. The lowest BCUT2D eigenvalue weighted by molar-refractivity contribution is -0.158. The van der Waals surface area contributed by atoms with E-state index in [9.17, 15) is 13.2 Å². The summed E-state index contributed by atoms with van der Waals surface area (Å²) in [5.41, 5.74) is 5.88. The van der Waals surface area contributed by atoms with E-state index in [0.29, 0.717) is 19.6 Å². The van der Waals surface area contributed by atoms with Crippen molar-refractivity contribution >= 4 is 0 Å². The molecule has 2 aliphatic rings. The molecule has 1 aliphatic heterocycles. The van der Waals surface area contributed by atoms with Gasteiger partial charge < -0.3 is 10.5 Å². The number of alkyl halides is 3. The molecule has 1 aliphatic carbocycles. The number of nitrogens with two attached hydrogens (primary N) is 1. The first-order valence-electron chi connectivity index (χ1n) is 5.63. The van der Waals surface area contributed by atoms with Gasteiger partial charge in [-0.3, -0.25) is 4.90 Å². The van der Waals surface area contributed by atoms with Crippen molar-refractivity contribution in [2.45, 2.75) is 43.6 Å². The van der Waals surface area contributed by atoms with Crippen LogP contribution in [0.4, 0.5) is 13.2 Å². The molecule has 1 heterocycles. The van der Waals surface area contributed by atoms with Crippen molar-refractivity contribution < 1.29 is 17.9 Å². The quantitative estimate of drug-likeness (QED) is 0.801. The van der Waals surface area contributed by atoms with Crippen molar-refractivity contribution in [1.29, 1.82) is 0 Å². The Morgan fingerprint density at radius 2 is 1.94 bits per heavy atom. The van der Waals surface area contributed by atoms with Gasteiger partial charge in [0.15, 0.2) is 0 Å². The van der Waals surface area contributed by atoms with Gasteiger partial charge in [0.05, 0.1) is 13.2 Å². The van der Waals surface area contributed by atoms with E-state index in [0.717, 1.165) is 12.8 Å². The van der Waals surface area contributed by atoms with Crippen molar-refractivity contribution in [3.05, 3.63) is 0 Å². The van der Waals surface area contributed by atoms with Crippen molar-refractivity contribution in [3.63, 3.8) is 0 Å². The third kappa shape index (κ3) is 3.09. The topological polar surface area (TPSA) is 38.5 Å². The van der Waals surface area contributed by atoms with Crippen LogP contribution in [0.15, 0.2) is 0 Å². The van der Waals surface area contributed by atoms with Gasteiger partial charge in [0.25, 0.3) is 0 Å². The summed E-state index contributed by atoms with van der Waals surface area (Å²) in [6, 6.07) is -0.418. The minimum atomic E-state index is -4.15. The molecule has 0 aromatic carbocycles. The van der Waals surface area contributed by atoms with E-state index in [2.05, 4.69) is 0 Å². The monoisotopic (exact) mass is 238 g/mol. The van der Waals surface area contributed by atoms with E-state index in [1.165, 1.54) is 4.90 Å². The normalized spacial score (nSPS) is 32.1. The predicted octanol–water partition coefficient (Wildman–Crippen LogP) is 1.13. The molecule has 2 rings (SSSR count). The number of ether oxygens (including phenoxy) is 1. The molecule has 2 unspecified atom stereocenters. The Morgan fingerprint density at radius 3 is 2.44 bits per heavy atom. The van der Waals surface area contributed by atoms with Crippen LogP contribution in [0, 0.1) is 0 Å². The van der Waals surface area contributed by atoms with Gasteiger partial charge in [0, 0.05) is 24.7 Å². The van der Waals surface area contributed by atoms with Gasteiger partial charge in [-0.2, -0.15) is 13.2 Å². The smallest absolute Gasteiger partial charge is 0.380 e. The molecule has 6 heteroatoms. The maximum Gasteiger partial charge on any atom is 0.401 e. The van der Waals surface area contributed by atoms with Crippen LogP contribution >= 0.6 is 0 Å². The standard InChI is InChI=1S/C10H17F3N2O/c11-10(12,13)6-15(7-1-2-7)9-5-16-4-3-8(9)14/h7-9H,1-6,14H2. The zero-order chi connectivity index (χ0) is 11.8. The minimum absolute atomic E-state index is 0.0550. The van der Waals surface area contributed by atoms with Gasteiger partial charge in [0.1, 0.15) is 0 Å². The highest BCUT2D eigenvalue weighted by atomic mass is 19.4. The van der Waals surface area contributed by atoms with Gasteiger partial charge in [-0.25, -0.2) is 0 Å². The zero-order valence-electron chi connectivity index (χ0n) is 9.04. The second-order valence-electron chi connectivity index (χ2n) is 4.61. The summed E-state index contributed by atoms with van der Waals surface area (Å²) in [7, 11) is 0. The molecule has 3 nitrogen and oxygen atoms in total. The summed E-state index contributed by atoms with van der Waals surface area (Å²) in [6.07, 6.45) is -1.82. The number of rotatable bonds is 3. The van der Waals surface area contributed by atoms with E-state index in [1.54, 1.807) is 0 Å². The Bertz CT molecular complexity index is 243. The molecule has 0 radical (unpaired) electrons. The molecule has 0 aromatic rings. The Labute approximate surface area is 92.7 Å². The van der Waals surface area contributed by atoms with E-state index in [4.69, 9.17) is 10.5 Å². The number of hydrogen-bond donors (Lipinski definition) is 1. The van der Waals surface area contributed by atoms with Crippen LogP contribution in [0.5, 0.6) is 0 Å². The van der Waals surface area contributed by atoms with E-state index >= 15 is 0 Å². The fourth-order valence-corrected chi connectivity index (χ4v) is 2.21. The van der Waals surface area contributed by atoms with Crippen LogP contribution < -0.4 is 5.73 Å². The van der Waals surface area contributed by atoms with Gasteiger partial charge in [-0.15, -0.1) is 0 Å². The van der Waals surface area contributed by atoms with Gasteiger partial charge in [0.2, 0.25) is 0 Å². The average molecular weight is 238 g/mol. The SMILES string of the molecule is NC1CCOCC1N(CC(F)(F)F)C1CC1. The molecule has 2 N–H and O–H groups in total. The van der Waals surface area contributed by atoms with E-state index < -0.39 is 12.7 Å². The van der Waals surface area contributed by atoms with Crippen molar-refractivity contribution in [2.75, 3.05) is 19.8 Å². The summed E-state index contributed by atoms with van der Waals surface area (Å²) in [5.74, 6) is 0. The van der Waals surface area contributed by atoms with Crippen LogP contribution in [0.3, 0.4) is 0 Å². The van der Waals surface area contributed by atoms with Crippen molar-refractivity contribution in [3.8, 4) is 0 Å². The molecule has 1 saturated heterocycles. The van der Waals surface area contributed by atoms with E-state index in [-0.39, 0.29) is 18.1 Å². The molecule has 1 saturated carbocycles. The second-order valence-corrected chi connectivity index (χ2v) is 4.61. The molecular weight excluding hydrogens is 221 g/mol. The van der Waals surface area contributed by atoms with Crippen LogP contribution in [0.25, 0.3) is 0 Å². The van der Waals surface area contributed by atoms with Gasteiger partial charge in [-0.05, 0) is 19.3 Å². The maximum atomic E-state index is 12.5. The lowest BCUT2D eigenvalue weighted by atomic mass is 10.0. The predicted molar refractivity (Wildman–Crippen MR) is 53.0 cm³/mol. The Balaban J connectivity index is 2.00. The summed E-state index contributed by atoms with van der Waals surface area (Å²) in [4.78, 5) is 1.49. The summed E-state index contributed by atoms with van der Waals surface area (Å²) >= 11 is 0. The summed E-state index contributed by atoms with van der Waals surface area (Å²) in [5, 5.41) is 0. The highest BCUT2D eigenvalue weighted by molar-refractivity contribution is 4.94. The van der Waals surface area contributed by atoms with Crippen molar-refractivity contribution in [2.24, 2.45) is 5.73 Å². The Hall–Kier alpha value is -0.330. The van der Waals surface area contributed by atoms with E-state index in [1.807, 2.05) is 0 Å². The zero-order valence-corrected chi connectivity index (χ0v) is 9.04. The van der Waals surface area contributed by atoms with Gasteiger partial charge >= 0.3 is 6.18 Å². The largest absolute Gasteiger partial charge is 0.401 e. The second kappa shape index (κ2) is 4.50. The fourth-order valence-electron chi connectivity index (χ4n) is 2.21. The summed E-state index contributed by atoms with van der Waals surface area (Å²) < 4.78 is 42.6. The van der Waals surface area contributed by atoms with Crippen LogP contribution in [-0.4, -0.2) is 49.0 Å². The third-order valence-corrected chi connectivity index (χ3v) is 3.18. The Kier molecular flexibility index (Phi) is 3.42. The molecule has 0 aromatic heterocycles. The first-order valence-corrected chi connectivity index (χ1v) is 5.63. The molecule has 0 amide bonds. The maximum absolute atomic E-state index is 12.5. The van der Waals surface area contributed by atoms with Crippen molar-refractivity contribution in [1.82, 2.24) is 4.90 Å². The number of nitrogens with zero attached hydrogens (tertiary/aromatic N) is 1. The number of halogens is 3. The molecule has 94 valence electrons. The first-order chi connectivity index (χ1) is 7.47. The molecule has 2 atom stereocenters. The molecule has 16 heavy (non-hydrogen) atoms. The third-order valence-electron chi connectivity index (χ3n) is 3.18. The van der Waals surface area contributed by atoms with Crippen LogP contribution in [0.1, 0.15) is 19.3 Å². The molecule has 0 bridgehead atoms. The fraction of sp³-hybridized carbons (Fsp3) is 1.00.